The highest BCUT2D eigenvalue weighted by molar-refractivity contribution is 6.29. The topological polar surface area (TPSA) is 29.5 Å². The van der Waals surface area contributed by atoms with E-state index in [2.05, 4.69) is 13.8 Å². The minimum atomic E-state index is -0.119. The quantitative estimate of drug-likeness (QED) is 0.774. The summed E-state index contributed by atoms with van der Waals surface area (Å²) < 4.78 is 5.30. The summed E-state index contributed by atoms with van der Waals surface area (Å²) in [6, 6.07) is 5.70. The van der Waals surface area contributed by atoms with Crippen LogP contribution in [0.15, 0.2) is 18.2 Å². The monoisotopic (exact) mass is 255 g/mol. The van der Waals surface area contributed by atoms with Gasteiger partial charge in [-0.3, -0.25) is 4.79 Å². The number of alkyl halides is 1. The van der Waals surface area contributed by atoms with Crippen LogP contribution in [-0.4, -0.2) is 25.9 Å². The molecule has 1 rings (SSSR count). The van der Waals surface area contributed by atoms with Gasteiger partial charge in [0, 0.05) is 12.7 Å². The molecule has 0 unspecified atom stereocenters. The second kappa shape index (κ2) is 5.92. The maximum atomic E-state index is 11.5. The Kier molecular flexibility index (Phi) is 4.82. The van der Waals surface area contributed by atoms with Gasteiger partial charge in [0.05, 0.1) is 7.11 Å². The molecule has 0 saturated carbocycles. The van der Waals surface area contributed by atoms with E-state index in [9.17, 15) is 4.79 Å². The molecule has 1 aromatic rings. The van der Waals surface area contributed by atoms with Crippen LogP contribution in [0.25, 0.3) is 0 Å². The molecule has 0 aliphatic carbocycles. The zero-order chi connectivity index (χ0) is 13.0. The van der Waals surface area contributed by atoms with Crippen molar-refractivity contribution < 1.29 is 9.53 Å². The summed E-state index contributed by atoms with van der Waals surface area (Å²) in [7, 11) is 3.37. The van der Waals surface area contributed by atoms with E-state index < -0.39 is 0 Å². The first kappa shape index (κ1) is 13.8. The highest BCUT2D eigenvalue weighted by atomic mass is 35.5. The predicted molar refractivity (Wildman–Crippen MR) is 71.2 cm³/mol. The van der Waals surface area contributed by atoms with E-state index in [1.807, 2.05) is 18.2 Å². The predicted octanol–water partition coefficient (Wildman–Crippen LogP) is 3.02. The molecule has 0 radical (unpaired) electrons. The normalized spacial score (nSPS) is 10.5. The average molecular weight is 256 g/mol. The van der Waals surface area contributed by atoms with Gasteiger partial charge in [0.2, 0.25) is 5.91 Å². The zero-order valence-electron chi connectivity index (χ0n) is 10.7. The summed E-state index contributed by atoms with van der Waals surface area (Å²) in [5.74, 6) is 1.05. The summed E-state index contributed by atoms with van der Waals surface area (Å²) in [5, 5.41) is 0. The highest BCUT2D eigenvalue weighted by Gasteiger charge is 2.13. The number of halogens is 1. The van der Waals surface area contributed by atoms with Crippen molar-refractivity contribution in [1.82, 2.24) is 0 Å². The summed E-state index contributed by atoms with van der Waals surface area (Å²) in [5.41, 5.74) is 1.92. The fourth-order valence-corrected chi connectivity index (χ4v) is 1.79. The largest absolute Gasteiger partial charge is 0.496 e. The SMILES string of the molecule is COc1ccc(N(C)C(=O)CCl)cc1C(C)C. The van der Waals surface area contributed by atoms with Crippen LogP contribution in [0.1, 0.15) is 25.3 Å². The first-order valence-corrected chi connectivity index (χ1v) is 6.05. The molecule has 94 valence electrons. The molecule has 3 nitrogen and oxygen atoms in total. The molecule has 0 aliphatic rings. The molecule has 0 fully saturated rings. The Balaban J connectivity index is 3.12. The molecular weight excluding hydrogens is 238 g/mol. The lowest BCUT2D eigenvalue weighted by Crippen LogP contribution is -2.27. The fraction of sp³-hybridized carbons (Fsp3) is 0.462. The second-order valence-corrected chi connectivity index (χ2v) is 4.43. The Morgan fingerprint density at radius 2 is 2.12 bits per heavy atom. The highest BCUT2D eigenvalue weighted by Crippen LogP contribution is 2.30. The Morgan fingerprint density at radius 1 is 1.47 bits per heavy atom. The summed E-state index contributed by atoms with van der Waals surface area (Å²) >= 11 is 5.54. The van der Waals surface area contributed by atoms with Crippen molar-refractivity contribution in [3.63, 3.8) is 0 Å². The van der Waals surface area contributed by atoms with Crippen molar-refractivity contribution in [1.29, 1.82) is 0 Å². The Bertz CT molecular complexity index is 404. The molecule has 0 N–H and O–H groups in total. The number of carbonyl (C=O) groups excluding carboxylic acids is 1. The smallest absolute Gasteiger partial charge is 0.241 e. The van der Waals surface area contributed by atoms with Crippen molar-refractivity contribution >= 4 is 23.2 Å². The lowest BCUT2D eigenvalue weighted by atomic mass is 10.0. The van der Waals surface area contributed by atoms with Crippen LogP contribution in [0.3, 0.4) is 0 Å². The molecule has 1 amide bonds. The summed E-state index contributed by atoms with van der Waals surface area (Å²) in [4.78, 5) is 13.1. The number of nitrogens with zero attached hydrogens (tertiary/aromatic N) is 1. The van der Waals surface area contributed by atoms with Crippen LogP contribution in [-0.2, 0) is 4.79 Å². The first-order chi connectivity index (χ1) is 8.01. The molecule has 17 heavy (non-hydrogen) atoms. The minimum absolute atomic E-state index is 0.0143. The van der Waals surface area contributed by atoms with E-state index >= 15 is 0 Å². The van der Waals surface area contributed by atoms with Crippen LogP contribution in [0.5, 0.6) is 5.75 Å². The van der Waals surface area contributed by atoms with Crippen LogP contribution in [0.4, 0.5) is 5.69 Å². The van der Waals surface area contributed by atoms with Crippen LogP contribution < -0.4 is 9.64 Å². The van der Waals surface area contributed by atoms with E-state index in [0.717, 1.165) is 17.0 Å². The molecule has 0 aromatic heterocycles. The molecule has 0 atom stereocenters. The molecule has 0 spiro atoms. The number of benzene rings is 1. The Hall–Kier alpha value is -1.22. The zero-order valence-corrected chi connectivity index (χ0v) is 11.4. The van der Waals surface area contributed by atoms with Crippen molar-refractivity contribution in [3.8, 4) is 5.75 Å². The number of hydrogen-bond acceptors (Lipinski definition) is 2. The van der Waals surface area contributed by atoms with Crippen LogP contribution >= 0.6 is 11.6 Å². The van der Waals surface area contributed by atoms with Crippen LogP contribution in [0, 0.1) is 0 Å². The van der Waals surface area contributed by atoms with Gasteiger partial charge in [-0.25, -0.2) is 0 Å². The van der Waals surface area contributed by atoms with E-state index in [0.29, 0.717) is 5.92 Å². The van der Waals surface area contributed by atoms with Crippen molar-refractivity contribution in [2.24, 2.45) is 0 Å². The van der Waals surface area contributed by atoms with E-state index in [1.54, 1.807) is 19.1 Å². The molecule has 0 saturated heterocycles. The Morgan fingerprint density at radius 3 is 2.59 bits per heavy atom. The van der Waals surface area contributed by atoms with Gasteiger partial charge in [0.25, 0.3) is 0 Å². The van der Waals surface area contributed by atoms with Gasteiger partial charge in [-0.2, -0.15) is 0 Å². The van der Waals surface area contributed by atoms with Gasteiger partial charge in [0.15, 0.2) is 0 Å². The van der Waals surface area contributed by atoms with Gasteiger partial charge in [-0.15, -0.1) is 11.6 Å². The third-order valence-corrected chi connectivity index (χ3v) is 2.94. The summed E-state index contributed by atoms with van der Waals surface area (Å²) in [6.07, 6.45) is 0. The van der Waals surface area contributed by atoms with Crippen LogP contribution in [0.2, 0.25) is 0 Å². The van der Waals surface area contributed by atoms with E-state index in [-0.39, 0.29) is 11.8 Å². The molecule has 4 heteroatoms. The standard InChI is InChI=1S/C13H18ClNO2/c1-9(2)11-7-10(5-6-12(11)17-4)15(3)13(16)8-14/h5-7,9H,8H2,1-4H3. The Labute approximate surface area is 107 Å². The number of methoxy groups -OCH3 is 1. The number of hydrogen-bond donors (Lipinski definition) is 0. The molecular formula is C13H18ClNO2. The molecule has 0 heterocycles. The summed E-state index contributed by atoms with van der Waals surface area (Å²) in [6.45, 7) is 4.18. The number of carbonyl (C=O) groups is 1. The van der Waals surface area contributed by atoms with Crippen molar-refractivity contribution in [3.05, 3.63) is 23.8 Å². The first-order valence-electron chi connectivity index (χ1n) is 5.51. The second-order valence-electron chi connectivity index (χ2n) is 4.17. The molecule has 1 aromatic carbocycles. The number of amides is 1. The van der Waals surface area contributed by atoms with Gasteiger partial charge >= 0.3 is 0 Å². The van der Waals surface area contributed by atoms with Crippen molar-refractivity contribution in [2.75, 3.05) is 24.9 Å². The average Bonchev–Trinajstić information content (AvgIpc) is 2.35. The molecule has 0 bridgehead atoms. The lowest BCUT2D eigenvalue weighted by molar-refractivity contribution is -0.116. The maximum absolute atomic E-state index is 11.5. The third kappa shape index (κ3) is 3.13. The molecule has 0 aliphatic heterocycles. The lowest BCUT2D eigenvalue weighted by Gasteiger charge is -2.19. The number of rotatable bonds is 4. The van der Waals surface area contributed by atoms with Gasteiger partial charge in [-0.05, 0) is 29.7 Å². The number of ether oxygens (including phenoxy) is 1. The number of anilines is 1. The van der Waals surface area contributed by atoms with E-state index in [1.165, 1.54) is 0 Å². The third-order valence-electron chi connectivity index (χ3n) is 2.71. The van der Waals surface area contributed by atoms with Gasteiger partial charge in [0.1, 0.15) is 11.6 Å². The minimum Gasteiger partial charge on any atom is -0.496 e. The van der Waals surface area contributed by atoms with Crippen molar-refractivity contribution in [2.45, 2.75) is 19.8 Å². The fourth-order valence-electron chi connectivity index (χ4n) is 1.62. The van der Waals surface area contributed by atoms with Gasteiger partial charge in [-0.1, -0.05) is 13.8 Å². The van der Waals surface area contributed by atoms with E-state index in [4.69, 9.17) is 16.3 Å². The van der Waals surface area contributed by atoms with Gasteiger partial charge < -0.3 is 9.64 Å². The maximum Gasteiger partial charge on any atom is 0.241 e.